The van der Waals surface area contributed by atoms with Crippen molar-refractivity contribution in [2.24, 2.45) is 0 Å². The highest BCUT2D eigenvalue weighted by molar-refractivity contribution is 8.00. The number of thioether (sulfide) groups is 1. The Labute approximate surface area is 308 Å². The third-order valence-electron chi connectivity index (χ3n) is 8.47. The molecule has 52 heavy (non-hydrogen) atoms. The number of anilines is 2. The summed E-state index contributed by atoms with van der Waals surface area (Å²) in [6, 6.07) is 43.2. The molecule has 6 rings (SSSR count). The summed E-state index contributed by atoms with van der Waals surface area (Å²) in [5, 5.41) is 8.33. The molecular formula is C44H39N3O4S. The zero-order chi connectivity index (χ0) is 36.5. The van der Waals surface area contributed by atoms with Gasteiger partial charge >= 0.3 is 0 Å². The Morgan fingerprint density at radius 2 is 1.42 bits per heavy atom. The maximum absolute atomic E-state index is 13.8. The lowest BCUT2D eigenvalue weighted by Gasteiger charge is -2.20. The zero-order valence-corrected chi connectivity index (χ0v) is 30.0. The molecule has 0 aliphatic carbocycles. The fourth-order valence-corrected chi connectivity index (χ4v) is 6.66. The van der Waals surface area contributed by atoms with E-state index < -0.39 is 17.1 Å². The van der Waals surface area contributed by atoms with E-state index >= 15 is 0 Å². The van der Waals surface area contributed by atoms with Crippen molar-refractivity contribution in [2.45, 2.75) is 37.3 Å². The summed E-state index contributed by atoms with van der Waals surface area (Å²) in [4.78, 5) is 41.5. The van der Waals surface area contributed by atoms with Gasteiger partial charge in [-0.15, -0.1) is 11.8 Å². The van der Waals surface area contributed by atoms with Gasteiger partial charge in [-0.05, 0) is 85.5 Å². The third kappa shape index (κ3) is 8.96. The van der Waals surface area contributed by atoms with Crippen LogP contribution in [-0.4, -0.2) is 17.7 Å². The standard InChI is InChI=1S/C44H39N3O4S/c1-4-31-17-11-12-30(3)40(31)47-44(50)41(33-13-7-5-8-14-33)52-37-25-22-35(23-26-37)45-43(49)38(46-42(48)34-15-9-6-10-16-34)28-36-24-27-39(51-36)32-20-18-29(2)19-21-32/h5-28,41H,4H2,1-3H3,(H,45,49)(H,46,48)(H,47,50)/b38-28-. The summed E-state index contributed by atoms with van der Waals surface area (Å²) in [6.45, 7) is 6.09. The molecule has 7 nitrogen and oxygen atoms in total. The van der Waals surface area contributed by atoms with Crippen molar-refractivity contribution in [3.8, 4) is 11.3 Å². The van der Waals surface area contributed by atoms with Gasteiger partial charge in [0, 0.05) is 33.5 Å². The Hall–Kier alpha value is -6.12. The van der Waals surface area contributed by atoms with Crippen LogP contribution in [0.4, 0.5) is 11.4 Å². The Morgan fingerprint density at radius 1 is 0.731 bits per heavy atom. The summed E-state index contributed by atoms with van der Waals surface area (Å²) >= 11 is 1.43. The van der Waals surface area contributed by atoms with Crippen molar-refractivity contribution in [1.29, 1.82) is 0 Å². The lowest BCUT2D eigenvalue weighted by Crippen LogP contribution is -2.30. The molecule has 0 bridgehead atoms. The molecule has 1 aromatic heterocycles. The van der Waals surface area contributed by atoms with Crippen molar-refractivity contribution >= 4 is 46.9 Å². The SMILES string of the molecule is CCc1cccc(C)c1NC(=O)C(Sc1ccc(NC(=O)/C(=C/c2ccc(-c3ccc(C)cc3)o2)NC(=O)c2ccccc2)cc1)c1ccccc1. The van der Waals surface area contributed by atoms with E-state index in [1.54, 1.807) is 42.5 Å². The number of rotatable bonds is 12. The zero-order valence-electron chi connectivity index (χ0n) is 29.2. The minimum absolute atomic E-state index is 0.0144. The van der Waals surface area contributed by atoms with Crippen molar-refractivity contribution < 1.29 is 18.8 Å². The number of nitrogens with one attached hydrogen (secondary N) is 3. The number of benzene rings is 5. The number of carbonyl (C=O) groups excluding carboxylic acids is 3. The summed E-state index contributed by atoms with van der Waals surface area (Å²) in [7, 11) is 0. The largest absolute Gasteiger partial charge is 0.457 e. The van der Waals surface area contributed by atoms with E-state index in [-0.39, 0.29) is 11.6 Å². The molecule has 0 spiro atoms. The molecule has 3 amide bonds. The first-order chi connectivity index (χ1) is 25.3. The van der Waals surface area contributed by atoms with Crippen LogP contribution in [0.25, 0.3) is 17.4 Å². The first kappa shape index (κ1) is 35.7. The number of hydrogen-bond acceptors (Lipinski definition) is 5. The first-order valence-corrected chi connectivity index (χ1v) is 17.9. The second kappa shape index (κ2) is 16.7. The van der Waals surface area contributed by atoms with Gasteiger partial charge in [0.05, 0.1) is 0 Å². The Morgan fingerprint density at radius 3 is 2.12 bits per heavy atom. The molecule has 0 saturated carbocycles. The average molecular weight is 706 g/mol. The first-order valence-electron chi connectivity index (χ1n) is 17.0. The molecule has 5 aromatic carbocycles. The maximum Gasteiger partial charge on any atom is 0.272 e. The number of para-hydroxylation sites is 1. The minimum atomic E-state index is -0.524. The van der Waals surface area contributed by atoms with Crippen LogP contribution in [0.15, 0.2) is 155 Å². The highest BCUT2D eigenvalue weighted by Gasteiger charge is 2.24. The second-order valence-corrected chi connectivity index (χ2v) is 13.5. The van der Waals surface area contributed by atoms with Crippen LogP contribution in [0.3, 0.4) is 0 Å². The van der Waals surface area contributed by atoms with Crippen molar-refractivity contribution in [3.63, 3.8) is 0 Å². The molecule has 0 fully saturated rings. The molecule has 0 saturated heterocycles. The van der Waals surface area contributed by atoms with Crippen molar-refractivity contribution in [1.82, 2.24) is 5.32 Å². The van der Waals surface area contributed by atoms with Gasteiger partial charge in [0.2, 0.25) is 5.91 Å². The number of aryl methyl sites for hydroxylation is 3. The molecule has 3 N–H and O–H groups in total. The van der Waals surface area contributed by atoms with E-state index in [4.69, 9.17) is 4.42 Å². The predicted octanol–water partition coefficient (Wildman–Crippen LogP) is 10.0. The lowest BCUT2D eigenvalue weighted by atomic mass is 10.1. The van der Waals surface area contributed by atoms with E-state index in [9.17, 15) is 14.4 Å². The summed E-state index contributed by atoms with van der Waals surface area (Å²) in [5.74, 6) is -0.0287. The van der Waals surface area contributed by atoms with Gasteiger partial charge in [-0.1, -0.05) is 103 Å². The molecule has 260 valence electrons. The smallest absolute Gasteiger partial charge is 0.272 e. The number of hydrogen-bond donors (Lipinski definition) is 3. The molecule has 0 aliphatic heterocycles. The topological polar surface area (TPSA) is 100 Å². The van der Waals surface area contributed by atoms with Gasteiger partial charge in [0.15, 0.2) is 0 Å². The van der Waals surface area contributed by atoms with Gasteiger partial charge in [-0.25, -0.2) is 0 Å². The van der Waals surface area contributed by atoms with E-state index in [1.165, 1.54) is 17.8 Å². The molecule has 0 aliphatic rings. The predicted molar refractivity (Wildman–Crippen MR) is 210 cm³/mol. The van der Waals surface area contributed by atoms with Crippen LogP contribution in [0, 0.1) is 13.8 Å². The van der Waals surface area contributed by atoms with Crippen LogP contribution < -0.4 is 16.0 Å². The molecular weight excluding hydrogens is 667 g/mol. The molecule has 1 heterocycles. The summed E-state index contributed by atoms with van der Waals surface area (Å²) in [6.07, 6.45) is 2.32. The van der Waals surface area contributed by atoms with Crippen LogP contribution in [0.2, 0.25) is 0 Å². The molecule has 6 aromatic rings. The number of carbonyl (C=O) groups is 3. The van der Waals surface area contributed by atoms with E-state index in [0.717, 1.165) is 44.8 Å². The van der Waals surface area contributed by atoms with Crippen molar-refractivity contribution in [3.05, 3.63) is 179 Å². The van der Waals surface area contributed by atoms with Crippen molar-refractivity contribution in [2.75, 3.05) is 10.6 Å². The van der Waals surface area contributed by atoms with Crippen LogP contribution in [0.1, 0.15) is 50.5 Å². The van der Waals surface area contributed by atoms with E-state index in [1.807, 2.05) is 111 Å². The molecule has 1 unspecified atom stereocenters. The van der Waals surface area contributed by atoms with Gasteiger partial charge in [0.1, 0.15) is 22.5 Å². The fraction of sp³-hybridized carbons (Fsp3) is 0.114. The number of furan rings is 1. The number of amides is 3. The Kier molecular flexibility index (Phi) is 11.5. The van der Waals surface area contributed by atoms with E-state index in [0.29, 0.717) is 22.8 Å². The molecule has 8 heteroatoms. The summed E-state index contributed by atoms with van der Waals surface area (Å²) in [5.41, 5.74) is 6.79. The van der Waals surface area contributed by atoms with Crippen LogP contribution in [-0.2, 0) is 16.0 Å². The third-order valence-corrected chi connectivity index (χ3v) is 9.74. The van der Waals surface area contributed by atoms with Gasteiger partial charge in [0.25, 0.3) is 11.8 Å². The Balaban J connectivity index is 1.21. The maximum atomic E-state index is 13.8. The van der Waals surface area contributed by atoms with Crippen LogP contribution in [0.5, 0.6) is 0 Å². The van der Waals surface area contributed by atoms with E-state index in [2.05, 4.69) is 22.9 Å². The monoisotopic (exact) mass is 705 g/mol. The fourth-order valence-electron chi connectivity index (χ4n) is 5.63. The minimum Gasteiger partial charge on any atom is -0.457 e. The highest BCUT2D eigenvalue weighted by Crippen LogP contribution is 2.37. The highest BCUT2D eigenvalue weighted by atomic mass is 32.2. The molecule has 0 radical (unpaired) electrons. The quantitative estimate of drug-likeness (QED) is 0.0870. The van der Waals surface area contributed by atoms with Gasteiger partial charge in [-0.3, -0.25) is 14.4 Å². The lowest BCUT2D eigenvalue weighted by molar-refractivity contribution is -0.116. The summed E-state index contributed by atoms with van der Waals surface area (Å²) < 4.78 is 6.05. The normalized spacial score (nSPS) is 11.8. The molecule has 1 atom stereocenters. The van der Waals surface area contributed by atoms with Gasteiger partial charge < -0.3 is 20.4 Å². The second-order valence-electron chi connectivity index (χ2n) is 12.3. The Bertz CT molecular complexity index is 2190. The van der Waals surface area contributed by atoms with Crippen LogP contribution >= 0.6 is 11.8 Å². The average Bonchev–Trinajstić information content (AvgIpc) is 3.64. The van der Waals surface area contributed by atoms with Gasteiger partial charge in [-0.2, -0.15) is 0 Å².